The van der Waals surface area contributed by atoms with Crippen LogP contribution in [0.4, 0.5) is 5.69 Å². The highest BCUT2D eigenvalue weighted by Crippen LogP contribution is 2.29. The van der Waals surface area contributed by atoms with Crippen molar-refractivity contribution in [2.75, 3.05) is 0 Å². The van der Waals surface area contributed by atoms with Gasteiger partial charge in [0, 0.05) is 17.7 Å². The number of carbonyl (C=O) groups excluding carboxylic acids is 1. The van der Waals surface area contributed by atoms with Crippen molar-refractivity contribution in [3.63, 3.8) is 0 Å². The van der Waals surface area contributed by atoms with Gasteiger partial charge in [-0.2, -0.15) is 0 Å². The van der Waals surface area contributed by atoms with Crippen molar-refractivity contribution in [2.24, 2.45) is 0 Å². The van der Waals surface area contributed by atoms with Crippen molar-refractivity contribution in [3.8, 4) is 0 Å². The Morgan fingerprint density at radius 2 is 2.04 bits per heavy atom. The van der Waals surface area contributed by atoms with Crippen LogP contribution in [0.15, 0.2) is 47.1 Å². The third-order valence-corrected chi connectivity index (χ3v) is 3.64. The summed E-state index contributed by atoms with van der Waals surface area (Å²) in [6.45, 7) is 0.209. The van der Waals surface area contributed by atoms with Crippen molar-refractivity contribution < 1.29 is 14.1 Å². The molecule has 2 N–H and O–H groups in total. The molecule has 7 nitrogen and oxygen atoms in total. The van der Waals surface area contributed by atoms with Crippen LogP contribution in [-0.4, -0.2) is 20.8 Å². The molecule has 0 aliphatic heterocycles. The number of amides is 1. The monoisotopic (exact) mass is 391 g/mol. The second-order valence-corrected chi connectivity index (χ2v) is 7.08. The van der Waals surface area contributed by atoms with E-state index in [1.807, 2.05) is 0 Å². The molecule has 0 aliphatic rings. The summed E-state index contributed by atoms with van der Waals surface area (Å²) in [4.78, 5) is 22.4. The summed E-state index contributed by atoms with van der Waals surface area (Å²) in [7, 11) is 0. The van der Waals surface area contributed by atoms with Crippen LogP contribution in [0.2, 0.25) is 0 Å². The van der Waals surface area contributed by atoms with Gasteiger partial charge in [-0.25, -0.2) is 0 Å². The molecule has 0 fully saturated rings. The lowest BCUT2D eigenvalue weighted by molar-refractivity contribution is -0.384. The normalized spacial score (nSPS) is 12.6. The molecule has 0 saturated carbocycles. The summed E-state index contributed by atoms with van der Waals surface area (Å²) < 4.78 is 3.30. The number of hydrogen-bond acceptors (Lipinski definition) is 5. The van der Waals surface area contributed by atoms with Crippen LogP contribution in [0.1, 0.15) is 16.1 Å². The molecule has 1 heterocycles. The maximum absolute atomic E-state index is 12.3. The summed E-state index contributed by atoms with van der Waals surface area (Å²) in [5.74, 6) is -0.0409. The highest BCUT2D eigenvalue weighted by Gasteiger charge is 2.34. The molecule has 1 aromatic heterocycles. The van der Waals surface area contributed by atoms with Gasteiger partial charge in [-0.15, -0.1) is 0 Å². The molecule has 24 heavy (non-hydrogen) atoms. The van der Waals surface area contributed by atoms with E-state index in [1.54, 1.807) is 12.1 Å². The number of furan rings is 1. The maximum atomic E-state index is 12.3. The van der Waals surface area contributed by atoms with Crippen molar-refractivity contribution in [1.82, 2.24) is 10.6 Å². The fraction of sp³-hybridized carbons (Fsp3) is 0.214. The number of halogens is 3. The third kappa shape index (κ3) is 5.10. The Kier molecular flexibility index (Phi) is 6.06. The Balaban J connectivity index is 2.09. The zero-order valence-electron chi connectivity index (χ0n) is 12.0. The van der Waals surface area contributed by atoms with Gasteiger partial charge in [0.05, 0.1) is 17.7 Å². The minimum absolute atomic E-state index is 0.0725. The smallest absolute Gasteiger partial charge is 0.270 e. The lowest BCUT2D eigenvalue weighted by Gasteiger charge is -2.26. The van der Waals surface area contributed by atoms with Crippen molar-refractivity contribution in [3.05, 3.63) is 64.1 Å². The Labute approximate surface area is 152 Å². The van der Waals surface area contributed by atoms with E-state index in [2.05, 4.69) is 10.6 Å². The quantitative estimate of drug-likeness (QED) is 0.340. The number of carbonyl (C=O) groups is 1. The number of benzene rings is 1. The minimum Gasteiger partial charge on any atom is -0.468 e. The van der Waals surface area contributed by atoms with Gasteiger partial charge in [-0.3, -0.25) is 20.2 Å². The molecule has 1 atom stereocenters. The first-order chi connectivity index (χ1) is 11.3. The van der Waals surface area contributed by atoms with Gasteiger partial charge in [0.1, 0.15) is 11.9 Å². The largest absolute Gasteiger partial charge is 0.468 e. The molecular weight excluding hydrogens is 381 g/mol. The Morgan fingerprint density at radius 1 is 1.29 bits per heavy atom. The fourth-order valence-corrected chi connectivity index (χ4v) is 2.23. The number of alkyl halides is 3. The number of nitrogens with one attached hydrogen (secondary N) is 2. The lowest BCUT2D eigenvalue weighted by atomic mass is 10.2. The van der Waals surface area contributed by atoms with E-state index in [1.165, 1.54) is 24.5 Å². The highest BCUT2D eigenvalue weighted by molar-refractivity contribution is 6.68. The molecule has 0 bridgehead atoms. The van der Waals surface area contributed by atoms with Crippen LogP contribution in [0.5, 0.6) is 0 Å². The highest BCUT2D eigenvalue weighted by atomic mass is 35.6. The van der Waals surface area contributed by atoms with Gasteiger partial charge < -0.3 is 9.73 Å². The first-order valence-corrected chi connectivity index (χ1v) is 7.78. The van der Waals surface area contributed by atoms with Crippen LogP contribution in [0.3, 0.4) is 0 Å². The van der Waals surface area contributed by atoms with Crippen LogP contribution in [0, 0.1) is 10.1 Å². The Hall–Kier alpha value is -1.80. The molecular formula is C14H12Cl3N3O4. The van der Waals surface area contributed by atoms with Gasteiger partial charge in [-0.05, 0) is 18.2 Å². The summed E-state index contributed by atoms with van der Waals surface area (Å²) in [6.07, 6.45) is 0.447. The molecule has 10 heteroatoms. The van der Waals surface area contributed by atoms with Crippen molar-refractivity contribution in [1.29, 1.82) is 0 Å². The van der Waals surface area contributed by atoms with Crippen molar-refractivity contribution >= 4 is 46.4 Å². The van der Waals surface area contributed by atoms with Gasteiger partial charge in [0.2, 0.25) is 3.79 Å². The van der Waals surface area contributed by atoms with Crippen LogP contribution < -0.4 is 10.6 Å². The van der Waals surface area contributed by atoms with Gasteiger partial charge in [-0.1, -0.05) is 40.9 Å². The number of nitrogens with zero attached hydrogens (tertiary/aromatic N) is 1. The van der Waals surface area contributed by atoms with Gasteiger partial charge in [0.15, 0.2) is 0 Å². The maximum Gasteiger partial charge on any atom is 0.270 e. The predicted molar refractivity (Wildman–Crippen MR) is 90.2 cm³/mol. The first kappa shape index (κ1) is 18.5. The summed E-state index contributed by atoms with van der Waals surface area (Å²) in [5, 5.41) is 16.1. The lowest BCUT2D eigenvalue weighted by Crippen LogP contribution is -2.53. The number of rotatable bonds is 6. The Morgan fingerprint density at radius 3 is 2.62 bits per heavy atom. The number of hydrogen-bond donors (Lipinski definition) is 2. The topological polar surface area (TPSA) is 97.4 Å². The SMILES string of the molecule is O=C(NC(NCc1ccco1)C(Cl)(Cl)Cl)c1cccc([N+](=O)[O-])c1. The third-order valence-electron chi connectivity index (χ3n) is 2.98. The van der Waals surface area contributed by atoms with Crippen LogP contribution in [0.25, 0.3) is 0 Å². The van der Waals surface area contributed by atoms with E-state index in [0.29, 0.717) is 5.76 Å². The average molecular weight is 393 g/mol. The van der Waals surface area contributed by atoms with Crippen molar-refractivity contribution in [2.45, 2.75) is 16.5 Å². The molecule has 2 rings (SSSR count). The Bertz CT molecular complexity index is 716. The molecule has 128 valence electrons. The molecule has 0 spiro atoms. The van der Waals surface area contributed by atoms with Gasteiger partial charge >= 0.3 is 0 Å². The van der Waals surface area contributed by atoms with E-state index < -0.39 is 20.8 Å². The predicted octanol–water partition coefficient (Wildman–Crippen LogP) is 3.40. The second kappa shape index (κ2) is 7.85. The molecule has 0 aliphatic carbocycles. The average Bonchev–Trinajstić information content (AvgIpc) is 3.03. The molecule has 0 saturated heterocycles. The van der Waals surface area contributed by atoms with E-state index in [0.717, 1.165) is 6.07 Å². The summed E-state index contributed by atoms with van der Waals surface area (Å²) in [6, 6.07) is 8.64. The standard InChI is InChI=1S/C14H12Cl3N3O4/c15-14(16,17)13(18-8-11-5-2-6-24-11)19-12(21)9-3-1-4-10(7-9)20(22)23/h1-7,13,18H,8H2,(H,19,21). The zero-order chi connectivity index (χ0) is 17.7. The number of non-ortho nitro benzene ring substituents is 1. The van der Waals surface area contributed by atoms with Gasteiger partial charge in [0.25, 0.3) is 11.6 Å². The zero-order valence-corrected chi connectivity index (χ0v) is 14.3. The van der Waals surface area contributed by atoms with E-state index in [4.69, 9.17) is 39.2 Å². The number of nitro benzene ring substituents is 1. The molecule has 1 aromatic carbocycles. The van der Waals surface area contributed by atoms with E-state index in [9.17, 15) is 14.9 Å². The first-order valence-electron chi connectivity index (χ1n) is 6.65. The van der Waals surface area contributed by atoms with E-state index in [-0.39, 0.29) is 17.8 Å². The minimum atomic E-state index is -1.84. The fourth-order valence-electron chi connectivity index (χ4n) is 1.84. The molecule has 0 radical (unpaired) electrons. The van der Waals surface area contributed by atoms with Crippen LogP contribution in [-0.2, 0) is 6.54 Å². The summed E-state index contributed by atoms with van der Waals surface area (Å²) >= 11 is 17.6. The second-order valence-electron chi connectivity index (χ2n) is 4.72. The van der Waals surface area contributed by atoms with Crippen LogP contribution >= 0.6 is 34.8 Å². The molecule has 2 aromatic rings. The molecule has 1 amide bonds. The van der Waals surface area contributed by atoms with E-state index >= 15 is 0 Å². The molecule has 1 unspecified atom stereocenters. The summed E-state index contributed by atoms with van der Waals surface area (Å²) in [5.41, 5.74) is -0.139. The number of nitro groups is 1.